The fourth-order valence-corrected chi connectivity index (χ4v) is 2.40. The first-order valence-electron chi connectivity index (χ1n) is 7.70. The quantitative estimate of drug-likeness (QED) is 0.483. The molecule has 1 aromatic carbocycles. The number of nitro groups is 1. The maximum atomic E-state index is 12.4. The summed E-state index contributed by atoms with van der Waals surface area (Å²) in [7, 11) is 1.12. The number of rotatable bonds is 4. The van der Waals surface area contributed by atoms with Crippen molar-refractivity contribution in [3.8, 4) is 0 Å². The minimum absolute atomic E-state index is 0.00104. The second-order valence-corrected chi connectivity index (χ2v) is 6.74. The van der Waals surface area contributed by atoms with Crippen molar-refractivity contribution in [1.82, 2.24) is 4.57 Å². The van der Waals surface area contributed by atoms with Gasteiger partial charge in [-0.2, -0.15) is 0 Å². The Balaban J connectivity index is 2.45. The summed E-state index contributed by atoms with van der Waals surface area (Å²) in [6, 6.07) is 8.58. The van der Waals surface area contributed by atoms with E-state index in [1.807, 2.05) is 24.3 Å². The maximum absolute atomic E-state index is 12.4. The molecule has 25 heavy (non-hydrogen) atoms. The van der Waals surface area contributed by atoms with Gasteiger partial charge < -0.3 is 9.30 Å². The maximum Gasteiger partial charge on any atom is 0.343 e. The largest absolute Gasteiger partial charge is 0.465 e. The van der Waals surface area contributed by atoms with E-state index in [2.05, 4.69) is 25.5 Å². The van der Waals surface area contributed by atoms with Gasteiger partial charge in [0.1, 0.15) is 5.56 Å². The number of esters is 1. The predicted octanol–water partition coefficient (Wildman–Crippen LogP) is 2.89. The van der Waals surface area contributed by atoms with Crippen molar-refractivity contribution in [1.29, 1.82) is 0 Å². The fourth-order valence-electron chi connectivity index (χ4n) is 2.40. The molecule has 0 spiro atoms. The summed E-state index contributed by atoms with van der Waals surface area (Å²) in [6.07, 6.45) is 1.13. The van der Waals surface area contributed by atoms with Crippen molar-refractivity contribution in [2.24, 2.45) is 0 Å². The Labute approximate surface area is 145 Å². The normalized spacial score (nSPS) is 11.2. The van der Waals surface area contributed by atoms with Gasteiger partial charge in [-0.1, -0.05) is 45.0 Å². The lowest BCUT2D eigenvalue weighted by Crippen LogP contribution is -2.27. The van der Waals surface area contributed by atoms with E-state index >= 15 is 0 Å². The first kappa shape index (κ1) is 18.4. The number of pyridine rings is 1. The molecule has 1 heterocycles. The smallest absolute Gasteiger partial charge is 0.343 e. The molecule has 0 N–H and O–H groups in total. The second-order valence-electron chi connectivity index (χ2n) is 6.74. The Morgan fingerprint density at radius 1 is 1.24 bits per heavy atom. The molecule has 0 radical (unpaired) electrons. The molecule has 7 heteroatoms. The monoisotopic (exact) mass is 344 g/mol. The van der Waals surface area contributed by atoms with Gasteiger partial charge >= 0.3 is 5.97 Å². The summed E-state index contributed by atoms with van der Waals surface area (Å²) in [6.45, 7) is 6.40. The molecule has 0 aliphatic rings. The highest BCUT2D eigenvalue weighted by Gasteiger charge is 2.20. The summed E-state index contributed by atoms with van der Waals surface area (Å²) >= 11 is 0. The number of hydrogen-bond donors (Lipinski definition) is 0. The second kappa shape index (κ2) is 6.88. The van der Waals surface area contributed by atoms with E-state index < -0.39 is 16.5 Å². The standard InChI is InChI=1S/C18H20N2O5/c1-18(2,3)13-7-5-12(6-8-13)10-19-11-14(20(23)24)9-15(16(19)21)17(22)25-4/h5-9,11H,10H2,1-4H3. The van der Waals surface area contributed by atoms with Crippen LogP contribution in [-0.2, 0) is 16.7 Å². The van der Waals surface area contributed by atoms with Gasteiger partial charge in [-0.3, -0.25) is 14.9 Å². The molecule has 0 amide bonds. The summed E-state index contributed by atoms with van der Waals surface area (Å²) < 4.78 is 5.68. The Hall–Kier alpha value is -2.96. The first-order valence-corrected chi connectivity index (χ1v) is 7.70. The van der Waals surface area contributed by atoms with E-state index in [-0.39, 0.29) is 23.2 Å². The van der Waals surface area contributed by atoms with Crippen LogP contribution in [-0.4, -0.2) is 22.6 Å². The van der Waals surface area contributed by atoms with E-state index in [1.54, 1.807) is 0 Å². The van der Waals surface area contributed by atoms with Crippen LogP contribution in [0.5, 0.6) is 0 Å². The molecule has 0 saturated carbocycles. The molecule has 0 bridgehead atoms. The highest BCUT2D eigenvalue weighted by molar-refractivity contribution is 5.89. The Bertz CT molecular complexity index is 861. The molecular weight excluding hydrogens is 324 g/mol. The van der Waals surface area contributed by atoms with Crippen LogP contribution >= 0.6 is 0 Å². The molecule has 2 aromatic rings. The number of hydrogen-bond acceptors (Lipinski definition) is 5. The third-order valence-electron chi connectivity index (χ3n) is 3.86. The molecule has 7 nitrogen and oxygen atoms in total. The number of carbonyl (C=O) groups is 1. The molecule has 0 aliphatic heterocycles. The van der Waals surface area contributed by atoms with Crippen LogP contribution < -0.4 is 5.56 Å². The highest BCUT2D eigenvalue weighted by Crippen LogP contribution is 2.22. The lowest BCUT2D eigenvalue weighted by atomic mass is 9.87. The molecule has 1 aromatic heterocycles. The van der Waals surface area contributed by atoms with Gasteiger partial charge in [0.05, 0.1) is 24.8 Å². The third kappa shape index (κ3) is 4.12. The van der Waals surface area contributed by atoms with Crippen LogP contribution in [0.4, 0.5) is 5.69 Å². The SMILES string of the molecule is COC(=O)c1cc([N+](=O)[O-])cn(Cc2ccc(C(C)(C)C)cc2)c1=O. The Morgan fingerprint density at radius 2 is 1.84 bits per heavy atom. The molecule has 0 atom stereocenters. The minimum atomic E-state index is -0.898. The topological polar surface area (TPSA) is 91.4 Å². The van der Waals surface area contributed by atoms with Gasteiger partial charge in [-0.15, -0.1) is 0 Å². The van der Waals surface area contributed by atoms with Crippen molar-refractivity contribution >= 4 is 11.7 Å². The minimum Gasteiger partial charge on any atom is -0.465 e. The first-order chi connectivity index (χ1) is 11.6. The number of carbonyl (C=O) groups excluding carboxylic acids is 1. The van der Waals surface area contributed by atoms with Gasteiger partial charge in [-0.05, 0) is 16.5 Å². The zero-order valence-corrected chi connectivity index (χ0v) is 14.6. The number of ether oxygens (including phenoxy) is 1. The Morgan fingerprint density at radius 3 is 2.32 bits per heavy atom. The van der Waals surface area contributed by atoms with E-state index in [9.17, 15) is 19.7 Å². The summed E-state index contributed by atoms with van der Waals surface area (Å²) in [5, 5.41) is 11.1. The van der Waals surface area contributed by atoms with Crippen LogP contribution in [0.2, 0.25) is 0 Å². The van der Waals surface area contributed by atoms with Crippen molar-refractivity contribution in [2.45, 2.75) is 32.7 Å². The molecule has 2 rings (SSSR count). The average Bonchev–Trinajstić information content (AvgIpc) is 2.55. The third-order valence-corrected chi connectivity index (χ3v) is 3.86. The van der Waals surface area contributed by atoms with Crippen molar-refractivity contribution in [3.05, 3.63) is 73.7 Å². The van der Waals surface area contributed by atoms with Crippen LogP contribution in [0.25, 0.3) is 0 Å². The fraction of sp³-hybridized carbons (Fsp3) is 0.333. The zero-order valence-electron chi connectivity index (χ0n) is 14.6. The number of methoxy groups -OCH3 is 1. The number of nitrogens with zero attached hydrogens (tertiary/aromatic N) is 2. The summed E-state index contributed by atoms with van der Waals surface area (Å²) in [5.74, 6) is -0.898. The average molecular weight is 344 g/mol. The van der Waals surface area contributed by atoms with Gasteiger partial charge in [0.15, 0.2) is 0 Å². The van der Waals surface area contributed by atoms with Crippen LogP contribution in [0.15, 0.2) is 41.3 Å². The van der Waals surface area contributed by atoms with Crippen LogP contribution in [0, 0.1) is 10.1 Å². The molecule has 0 aliphatic carbocycles. The Kier molecular flexibility index (Phi) is 5.06. The highest BCUT2D eigenvalue weighted by atomic mass is 16.6. The van der Waals surface area contributed by atoms with Crippen LogP contribution in [0.1, 0.15) is 42.3 Å². The molecule has 0 saturated heterocycles. The van der Waals surface area contributed by atoms with E-state index in [1.165, 1.54) is 0 Å². The predicted molar refractivity (Wildman–Crippen MR) is 92.9 cm³/mol. The lowest BCUT2D eigenvalue weighted by Gasteiger charge is -2.19. The van der Waals surface area contributed by atoms with E-state index in [4.69, 9.17) is 0 Å². The van der Waals surface area contributed by atoms with Crippen LogP contribution in [0.3, 0.4) is 0 Å². The lowest BCUT2D eigenvalue weighted by molar-refractivity contribution is -0.385. The van der Waals surface area contributed by atoms with Crippen molar-refractivity contribution in [2.75, 3.05) is 7.11 Å². The van der Waals surface area contributed by atoms with Crippen molar-refractivity contribution < 1.29 is 14.5 Å². The van der Waals surface area contributed by atoms with Gasteiger partial charge in [-0.25, -0.2) is 4.79 Å². The van der Waals surface area contributed by atoms with E-state index in [0.29, 0.717) is 0 Å². The number of benzene rings is 1. The van der Waals surface area contributed by atoms with E-state index in [0.717, 1.165) is 35.1 Å². The zero-order chi connectivity index (χ0) is 18.8. The van der Waals surface area contributed by atoms with Gasteiger partial charge in [0.2, 0.25) is 0 Å². The summed E-state index contributed by atoms with van der Waals surface area (Å²) in [4.78, 5) is 34.6. The van der Waals surface area contributed by atoms with Gasteiger partial charge in [0, 0.05) is 6.07 Å². The molecular formula is C18H20N2O5. The molecule has 0 fully saturated rings. The van der Waals surface area contributed by atoms with Crippen molar-refractivity contribution in [3.63, 3.8) is 0 Å². The molecule has 0 unspecified atom stereocenters. The summed E-state index contributed by atoms with van der Waals surface area (Å²) in [5.41, 5.74) is 0.606. The molecule has 132 valence electrons. The number of aromatic nitrogens is 1. The van der Waals surface area contributed by atoms with Gasteiger partial charge in [0.25, 0.3) is 11.2 Å².